The van der Waals surface area contributed by atoms with Crippen LogP contribution in [0.3, 0.4) is 0 Å². The van der Waals surface area contributed by atoms with Crippen molar-refractivity contribution in [3.8, 4) is 0 Å². The fourth-order valence-corrected chi connectivity index (χ4v) is 2.48. The van der Waals surface area contributed by atoms with Gasteiger partial charge in [0.05, 0.1) is 0 Å². The summed E-state index contributed by atoms with van der Waals surface area (Å²) >= 11 is 0. The van der Waals surface area contributed by atoms with E-state index in [2.05, 4.69) is 19.2 Å². The number of carbonyl (C=O) groups excluding carboxylic acids is 1. The first-order valence-corrected chi connectivity index (χ1v) is 7.18. The Morgan fingerprint density at radius 3 is 2.83 bits per heavy atom. The molecule has 1 aliphatic heterocycles. The van der Waals surface area contributed by atoms with Gasteiger partial charge in [-0.25, -0.2) is 4.79 Å². The number of unbranched alkanes of at least 4 members (excludes halogenated alkanes) is 1. The van der Waals surface area contributed by atoms with Crippen LogP contribution in [0, 0.1) is 5.92 Å². The Morgan fingerprint density at radius 1 is 1.33 bits per heavy atom. The van der Waals surface area contributed by atoms with Crippen LogP contribution in [-0.4, -0.2) is 43.8 Å². The zero-order valence-corrected chi connectivity index (χ0v) is 12.1. The van der Waals surface area contributed by atoms with Crippen LogP contribution < -0.4 is 5.32 Å². The third kappa shape index (κ3) is 5.25. The molecule has 1 saturated heterocycles. The van der Waals surface area contributed by atoms with Crippen molar-refractivity contribution in [1.29, 1.82) is 0 Å². The van der Waals surface area contributed by atoms with Crippen LogP contribution in [-0.2, 0) is 4.74 Å². The van der Waals surface area contributed by atoms with Gasteiger partial charge in [-0.3, -0.25) is 0 Å². The number of methoxy groups -OCH3 is 1. The third-order valence-corrected chi connectivity index (χ3v) is 3.67. The topological polar surface area (TPSA) is 41.6 Å². The largest absolute Gasteiger partial charge is 0.385 e. The molecule has 18 heavy (non-hydrogen) atoms. The van der Waals surface area contributed by atoms with Crippen LogP contribution in [0.4, 0.5) is 4.79 Å². The maximum atomic E-state index is 12.1. The molecular formula is C14H28N2O2. The molecule has 1 N–H and O–H groups in total. The molecule has 2 amide bonds. The van der Waals surface area contributed by atoms with Gasteiger partial charge in [0.2, 0.25) is 0 Å². The van der Waals surface area contributed by atoms with Crippen LogP contribution in [0.25, 0.3) is 0 Å². The second kappa shape index (κ2) is 8.35. The van der Waals surface area contributed by atoms with E-state index in [9.17, 15) is 4.79 Å². The van der Waals surface area contributed by atoms with Crippen molar-refractivity contribution in [2.75, 3.05) is 26.8 Å². The number of nitrogens with zero attached hydrogens (tertiary/aromatic N) is 1. The van der Waals surface area contributed by atoms with E-state index in [0.717, 1.165) is 39.0 Å². The highest BCUT2D eigenvalue weighted by Crippen LogP contribution is 2.20. The van der Waals surface area contributed by atoms with E-state index < -0.39 is 0 Å². The van der Waals surface area contributed by atoms with Gasteiger partial charge in [0.1, 0.15) is 0 Å². The van der Waals surface area contributed by atoms with Gasteiger partial charge in [-0.15, -0.1) is 0 Å². The molecule has 4 nitrogen and oxygen atoms in total. The molecule has 0 spiro atoms. The number of hydrogen-bond acceptors (Lipinski definition) is 2. The minimum Gasteiger partial charge on any atom is -0.385 e. The second-order valence-corrected chi connectivity index (χ2v) is 5.47. The zero-order chi connectivity index (χ0) is 13.4. The summed E-state index contributed by atoms with van der Waals surface area (Å²) in [7, 11) is 1.71. The molecule has 1 aliphatic rings. The Balaban J connectivity index is 2.29. The fourth-order valence-electron chi connectivity index (χ4n) is 2.48. The predicted molar refractivity (Wildman–Crippen MR) is 73.7 cm³/mol. The van der Waals surface area contributed by atoms with Crippen molar-refractivity contribution in [1.82, 2.24) is 10.2 Å². The maximum absolute atomic E-state index is 12.1. The maximum Gasteiger partial charge on any atom is 0.317 e. The van der Waals surface area contributed by atoms with Gasteiger partial charge in [-0.2, -0.15) is 0 Å². The first kappa shape index (κ1) is 15.3. The Bertz CT molecular complexity index is 246. The van der Waals surface area contributed by atoms with E-state index in [1.807, 2.05) is 4.90 Å². The Kier molecular flexibility index (Phi) is 7.09. The van der Waals surface area contributed by atoms with E-state index in [-0.39, 0.29) is 6.03 Å². The molecule has 0 aliphatic carbocycles. The molecule has 0 saturated carbocycles. The van der Waals surface area contributed by atoms with Crippen molar-refractivity contribution in [3.05, 3.63) is 0 Å². The zero-order valence-electron chi connectivity index (χ0n) is 12.1. The van der Waals surface area contributed by atoms with Crippen LogP contribution in [0.15, 0.2) is 0 Å². The monoisotopic (exact) mass is 256 g/mol. The number of urea groups is 1. The number of ether oxygens (including phenoxy) is 1. The van der Waals surface area contributed by atoms with Gasteiger partial charge in [-0.1, -0.05) is 13.3 Å². The number of nitrogens with one attached hydrogen (secondary N) is 1. The molecule has 4 heteroatoms. The van der Waals surface area contributed by atoms with Gasteiger partial charge in [-0.05, 0) is 38.5 Å². The van der Waals surface area contributed by atoms with Gasteiger partial charge < -0.3 is 15.0 Å². The number of likely N-dealkylation sites (tertiary alicyclic amines) is 1. The van der Waals surface area contributed by atoms with Crippen LogP contribution in [0.1, 0.15) is 46.0 Å². The Hall–Kier alpha value is -0.770. The first-order valence-electron chi connectivity index (χ1n) is 7.18. The second-order valence-electron chi connectivity index (χ2n) is 5.47. The lowest BCUT2D eigenvalue weighted by atomic mass is 10.1. The number of carbonyl (C=O) groups is 1. The molecule has 1 heterocycles. The number of rotatable bonds is 5. The van der Waals surface area contributed by atoms with Crippen molar-refractivity contribution < 1.29 is 9.53 Å². The van der Waals surface area contributed by atoms with Crippen molar-refractivity contribution in [2.24, 2.45) is 5.92 Å². The predicted octanol–water partition coefficient (Wildman–Crippen LogP) is 2.63. The number of amides is 2. The van der Waals surface area contributed by atoms with Crippen molar-refractivity contribution in [2.45, 2.75) is 52.0 Å². The molecule has 106 valence electrons. The quantitative estimate of drug-likeness (QED) is 0.768. The molecule has 0 bridgehead atoms. The molecule has 0 unspecified atom stereocenters. The highest BCUT2D eigenvalue weighted by Gasteiger charge is 2.24. The van der Waals surface area contributed by atoms with E-state index in [0.29, 0.717) is 12.0 Å². The van der Waals surface area contributed by atoms with Gasteiger partial charge in [0, 0.05) is 32.8 Å². The minimum atomic E-state index is 0.105. The van der Waals surface area contributed by atoms with Crippen LogP contribution in [0.5, 0.6) is 0 Å². The highest BCUT2D eigenvalue weighted by atomic mass is 16.5. The lowest BCUT2D eigenvalue weighted by Gasteiger charge is -2.28. The van der Waals surface area contributed by atoms with Gasteiger partial charge >= 0.3 is 6.03 Å². The first-order chi connectivity index (χ1) is 8.65. The standard InChI is InChI=1S/C14H28N2O2/c1-12-7-6-8-13(2)16(11-12)14(17)15-9-4-5-10-18-3/h12-13H,4-11H2,1-3H3,(H,15,17)/t12-,13-/m0/s1. The lowest BCUT2D eigenvalue weighted by molar-refractivity contribution is 0.171. The lowest BCUT2D eigenvalue weighted by Crippen LogP contribution is -2.46. The van der Waals surface area contributed by atoms with E-state index >= 15 is 0 Å². The smallest absolute Gasteiger partial charge is 0.317 e. The van der Waals surface area contributed by atoms with E-state index in [1.54, 1.807) is 7.11 Å². The molecular weight excluding hydrogens is 228 g/mol. The summed E-state index contributed by atoms with van der Waals surface area (Å²) in [6.07, 6.45) is 5.59. The summed E-state index contributed by atoms with van der Waals surface area (Å²) in [6, 6.07) is 0.475. The molecule has 0 aromatic heterocycles. The van der Waals surface area contributed by atoms with E-state index in [1.165, 1.54) is 12.8 Å². The van der Waals surface area contributed by atoms with E-state index in [4.69, 9.17) is 4.74 Å². The summed E-state index contributed by atoms with van der Waals surface area (Å²) in [5, 5.41) is 3.02. The molecule has 0 aromatic carbocycles. The summed E-state index contributed by atoms with van der Waals surface area (Å²) in [5.41, 5.74) is 0. The van der Waals surface area contributed by atoms with Gasteiger partial charge in [0.15, 0.2) is 0 Å². The Labute approximate surface area is 111 Å². The summed E-state index contributed by atoms with van der Waals surface area (Å²) in [6.45, 7) is 6.80. The van der Waals surface area contributed by atoms with Crippen LogP contribution in [0.2, 0.25) is 0 Å². The minimum absolute atomic E-state index is 0.105. The molecule has 1 rings (SSSR count). The Morgan fingerprint density at radius 2 is 2.11 bits per heavy atom. The number of hydrogen-bond donors (Lipinski definition) is 1. The highest BCUT2D eigenvalue weighted by molar-refractivity contribution is 5.74. The summed E-state index contributed by atoms with van der Waals surface area (Å²) in [4.78, 5) is 14.1. The average Bonchev–Trinajstić information content (AvgIpc) is 2.51. The van der Waals surface area contributed by atoms with Crippen LogP contribution >= 0.6 is 0 Å². The fraction of sp³-hybridized carbons (Fsp3) is 0.929. The normalized spacial score (nSPS) is 24.7. The van der Waals surface area contributed by atoms with Crippen molar-refractivity contribution in [3.63, 3.8) is 0 Å². The van der Waals surface area contributed by atoms with Crippen molar-refractivity contribution >= 4 is 6.03 Å². The molecule has 2 atom stereocenters. The molecule has 1 fully saturated rings. The van der Waals surface area contributed by atoms with Gasteiger partial charge in [0.25, 0.3) is 0 Å². The SMILES string of the molecule is COCCCCNC(=O)N1C[C@@H](C)CCC[C@@H]1C. The summed E-state index contributed by atoms with van der Waals surface area (Å²) < 4.78 is 4.99. The average molecular weight is 256 g/mol. The molecule has 0 aromatic rings. The molecule has 0 radical (unpaired) electrons. The third-order valence-electron chi connectivity index (χ3n) is 3.67. The summed E-state index contributed by atoms with van der Waals surface area (Å²) in [5.74, 6) is 0.620.